The standard InChI is InChI=1S/C20H28N2/c1-7-8-9-10-14-21-17(6)22-20-18(15(2)3)12-11-13-19(20)16(4)5/h7-16,21-22H,1,6H2,2-5H3/b9-8-,14-10+. The van der Waals surface area contributed by atoms with Crippen LogP contribution in [0.5, 0.6) is 0 Å². The lowest BCUT2D eigenvalue weighted by Crippen LogP contribution is -2.15. The quantitative estimate of drug-likeness (QED) is 0.605. The van der Waals surface area contributed by atoms with Crippen molar-refractivity contribution < 1.29 is 0 Å². The van der Waals surface area contributed by atoms with Crippen molar-refractivity contribution in [3.8, 4) is 0 Å². The lowest BCUT2D eigenvalue weighted by atomic mass is 9.92. The number of para-hydroxylation sites is 1. The molecule has 22 heavy (non-hydrogen) atoms. The summed E-state index contributed by atoms with van der Waals surface area (Å²) >= 11 is 0. The zero-order valence-corrected chi connectivity index (χ0v) is 14.2. The fourth-order valence-corrected chi connectivity index (χ4v) is 2.23. The Bertz CT molecular complexity index is 537. The zero-order chi connectivity index (χ0) is 16.5. The topological polar surface area (TPSA) is 24.1 Å². The molecule has 0 spiro atoms. The zero-order valence-electron chi connectivity index (χ0n) is 14.2. The minimum atomic E-state index is 0.458. The molecule has 0 bridgehead atoms. The Kier molecular flexibility index (Phi) is 7.24. The second-order valence-corrected chi connectivity index (χ2v) is 5.85. The van der Waals surface area contributed by atoms with Crippen molar-refractivity contribution in [2.45, 2.75) is 39.5 Å². The number of allylic oxidation sites excluding steroid dienone is 4. The van der Waals surface area contributed by atoms with Gasteiger partial charge in [-0.3, -0.25) is 0 Å². The number of anilines is 1. The Labute approximate surface area is 135 Å². The minimum absolute atomic E-state index is 0.458. The van der Waals surface area contributed by atoms with E-state index in [1.807, 2.05) is 24.4 Å². The molecule has 0 aromatic heterocycles. The first-order valence-electron chi connectivity index (χ1n) is 7.76. The molecule has 0 saturated heterocycles. The Morgan fingerprint density at radius 2 is 1.59 bits per heavy atom. The fraction of sp³-hybridized carbons (Fsp3) is 0.300. The molecule has 2 heteroatoms. The molecule has 2 N–H and O–H groups in total. The third-order valence-electron chi connectivity index (χ3n) is 3.36. The Hall–Kier alpha value is -2.22. The van der Waals surface area contributed by atoms with Crippen molar-refractivity contribution in [3.05, 3.63) is 78.8 Å². The fourth-order valence-electron chi connectivity index (χ4n) is 2.23. The van der Waals surface area contributed by atoms with Crippen LogP contribution >= 0.6 is 0 Å². The van der Waals surface area contributed by atoms with Crippen LogP contribution in [0.2, 0.25) is 0 Å². The summed E-state index contributed by atoms with van der Waals surface area (Å²) < 4.78 is 0. The highest BCUT2D eigenvalue weighted by molar-refractivity contribution is 5.62. The monoisotopic (exact) mass is 296 g/mol. The van der Waals surface area contributed by atoms with E-state index in [1.165, 1.54) is 16.8 Å². The molecule has 1 rings (SSSR count). The molecular formula is C20H28N2. The van der Waals surface area contributed by atoms with Gasteiger partial charge >= 0.3 is 0 Å². The maximum atomic E-state index is 4.05. The van der Waals surface area contributed by atoms with Gasteiger partial charge in [0.1, 0.15) is 0 Å². The first-order valence-corrected chi connectivity index (χ1v) is 7.76. The van der Waals surface area contributed by atoms with Crippen LogP contribution in [0.25, 0.3) is 0 Å². The molecule has 0 aliphatic heterocycles. The normalized spacial score (nSPS) is 11.5. The molecule has 1 aromatic carbocycles. The Balaban J connectivity index is 2.91. The molecule has 0 atom stereocenters. The lowest BCUT2D eigenvalue weighted by molar-refractivity contribution is 0.835. The maximum Gasteiger partial charge on any atom is 0.0997 e. The predicted octanol–water partition coefficient (Wildman–Crippen LogP) is 5.66. The van der Waals surface area contributed by atoms with Crippen molar-refractivity contribution in [1.29, 1.82) is 0 Å². The highest BCUT2D eigenvalue weighted by atomic mass is 15.1. The van der Waals surface area contributed by atoms with E-state index in [0.717, 1.165) is 5.82 Å². The second kappa shape index (κ2) is 8.93. The molecule has 0 aliphatic rings. The van der Waals surface area contributed by atoms with Gasteiger partial charge in [0.2, 0.25) is 0 Å². The van der Waals surface area contributed by atoms with Gasteiger partial charge in [-0.2, -0.15) is 0 Å². The smallest absolute Gasteiger partial charge is 0.0997 e. The van der Waals surface area contributed by atoms with Crippen LogP contribution in [0.4, 0.5) is 5.69 Å². The van der Waals surface area contributed by atoms with E-state index in [-0.39, 0.29) is 0 Å². The molecule has 0 amide bonds. The average Bonchev–Trinajstić information content (AvgIpc) is 2.46. The van der Waals surface area contributed by atoms with E-state index in [4.69, 9.17) is 0 Å². The number of benzene rings is 1. The van der Waals surface area contributed by atoms with Crippen molar-refractivity contribution in [2.75, 3.05) is 5.32 Å². The van der Waals surface area contributed by atoms with Gasteiger partial charge in [-0.05, 0) is 29.0 Å². The molecule has 0 saturated carbocycles. The van der Waals surface area contributed by atoms with Gasteiger partial charge in [0.05, 0.1) is 5.82 Å². The summed E-state index contributed by atoms with van der Waals surface area (Å²) in [4.78, 5) is 0. The summed E-state index contributed by atoms with van der Waals surface area (Å²) in [6.07, 6.45) is 9.29. The number of hydrogen-bond donors (Lipinski definition) is 2. The van der Waals surface area contributed by atoms with E-state index in [2.05, 4.69) is 69.7 Å². The molecule has 2 nitrogen and oxygen atoms in total. The highest BCUT2D eigenvalue weighted by Gasteiger charge is 2.13. The van der Waals surface area contributed by atoms with Gasteiger partial charge in [0.25, 0.3) is 0 Å². The highest BCUT2D eigenvalue weighted by Crippen LogP contribution is 2.32. The Morgan fingerprint density at radius 1 is 1.00 bits per heavy atom. The summed E-state index contributed by atoms with van der Waals surface area (Å²) in [5, 5.41) is 6.58. The van der Waals surface area contributed by atoms with Crippen LogP contribution in [0, 0.1) is 0 Å². The van der Waals surface area contributed by atoms with Crippen molar-refractivity contribution >= 4 is 5.69 Å². The van der Waals surface area contributed by atoms with Gasteiger partial charge in [-0.1, -0.05) is 77.3 Å². The third kappa shape index (κ3) is 5.28. The molecule has 0 fully saturated rings. The molecule has 0 unspecified atom stereocenters. The van der Waals surface area contributed by atoms with Crippen LogP contribution < -0.4 is 10.6 Å². The SMILES string of the molecule is C=C/C=C\C=C\NC(=C)Nc1c(C(C)C)cccc1C(C)C. The van der Waals surface area contributed by atoms with Crippen molar-refractivity contribution in [3.63, 3.8) is 0 Å². The van der Waals surface area contributed by atoms with Gasteiger partial charge in [-0.25, -0.2) is 0 Å². The summed E-state index contributed by atoms with van der Waals surface area (Å²) in [5.74, 6) is 1.68. The van der Waals surface area contributed by atoms with Crippen LogP contribution in [0.1, 0.15) is 50.7 Å². The predicted molar refractivity (Wildman–Crippen MR) is 99.0 cm³/mol. The number of rotatable bonds is 8. The van der Waals surface area contributed by atoms with Crippen molar-refractivity contribution in [1.82, 2.24) is 5.32 Å². The number of hydrogen-bond acceptors (Lipinski definition) is 2. The van der Waals surface area contributed by atoms with Gasteiger partial charge in [0, 0.05) is 11.9 Å². The van der Waals surface area contributed by atoms with Gasteiger partial charge in [0.15, 0.2) is 0 Å². The molecule has 0 aliphatic carbocycles. The first-order chi connectivity index (χ1) is 10.5. The Morgan fingerprint density at radius 3 is 2.09 bits per heavy atom. The van der Waals surface area contributed by atoms with E-state index < -0.39 is 0 Å². The minimum Gasteiger partial charge on any atom is -0.349 e. The van der Waals surface area contributed by atoms with Crippen LogP contribution in [0.15, 0.2) is 67.7 Å². The largest absolute Gasteiger partial charge is 0.349 e. The molecule has 118 valence electrons. The van der Waals surface area contributed by atoms with E-state index >= 15 is 0 Å². The van der Waals surface area contributed by atoms with Crippen LogP contribution in [-0.4, -0.2) is 0 Å². The molecule has 1 aromatic rings. The summed E-state index contributed by atoms with van der Waals surface area (Å²) in [7, 11) is 0. The third-order valence-corrected chi connectivity index (χ3v) is 3.36. The van der Waals surface area contributed by atoms with E-state index in [1.54, 1.807) is 6.08 Å². The first kappa shape index (κ1) is 17.8. The lowest BCUT2D eigenvalue weighted by Gasteiger charge is -2.21. The summed E-state index contributed by atoms with van der Waals surface area (Å²) in [6.45, 7) is 16.5. The van der Waals surface area contributed by atoms with Crippen molar-refractivity contribution in [2.24, 2.45) is 0 Å². The van der Waals surface area contributed by atoms with Gasteiger partial charge < -0.3 is 10.6 Å². The van der Waals surface area contributed by atoms with E-state index in [0.29, 0.717) is 11.8 Å². The van der Waals surface area contributed by atoms with Gasteiger partial charge in [-0.15, -0.1) is 0 Å². The average molecular weight is 296 g/mol. The summed E-state index contributed by atoms with van der Waals surface area (Å²) in [5.41, 5.74) is 3.79. The maximum absolute atomic E-state index is 4.05. The summed E-state index contributed by atoms with van der Waals surface area (Å²) in [6, 6.07) is 6.48. The molecule has 0 radical (unpaired) electrons. The number of nitrogens with one attached hydrogen (secondary N) is 2. The second-order valence-electron chi connectivity index (χ2n) is 5.85. The molecular weight excluding hydrogens is 268 g/mol. The molecule has 0 heterocycles. The van der Waals surface area contributed by atoms with E-state index in [9.17, 15) is 0 Å². The van der Waals surface area contributed by atoms with Crippen LogP contribution in [0.3, 0.4) is 0 Å². The van der Waals surface area contributed by atoms with Crippen LogP contribution in [-0.2, 0) is 0 Å².